The molecule has 1 atom stereocenters. The minimum absolute atomic E-state index is 0.222. The van der Waals surface area contributed by atoms with Crippen LogP contribution in [0.15, 0.2) is 42.6 Å². The first-order valence-corrected chi connectivity index (χ1v) is 7.57. The number of pyridine rings is 1. The molecular weight excluding hydrogens is 308 g/mol. The van der Waals surface area contributed by atoms with Gasteiger partial charge in [0.05, 0.1) is 12.8 Å². The van der Waals surface area contributed by atoms with Gasteiger partial charge in [0.25, 0.3) is 5.91 Å². The molecule has 2 aromatic rings. The van der Waals surface area contributed by atoms with Crippen molar-refractivity contribution in [3.8, 4) is 17.0 Å². The number of carboxylic acid groups (broad SMARTS) is 1. The highest BCUT2D eigenvalue weighted by Gasteiger charge is 2.24. The van der Waals surface area contributed by atoms with E-state index in [-0.39, 0.29) is 5.92 Å². The van der Waals surface area contributed by atoms with Crippen LogP contribution >= 0.6 is 0 Å². The van der Waals surface area contributed by atoms with Crippen molar-refractivity contribution in [1.82, 2.24) is 10.3 Å². The maximum atomic E-state index is 12.4. The van der Waals surface area contributed by atoms with Gasteiger partial charge in [-0.15, -0.1) is 0 Å². The largest absolute Gasteiger partial charge is 0.496 e. The van der Waals surface area contributed by atoms with Crippen LogP contribution in [0.25, 0.3) is 11.3 Å². The molecule has 0 unspecified atom stereocenters. The van der Waals surface area contributed by atoms with Crippen LogP contribution in [-0.4, -0.2) is 35.1 Å². The van der Waals surface area contributed by atoms with E-state index in [0.717, 1.165) is 0 Å². The first-order chi connectivity index (χ1) is 11.4. The highest BCUT2D eigenvalue weighted by atomic mass is 16.5. The first kappa shape index (κ1) is 17.5. The Morgan fingerprint density at radius 1 is 1.21 bits per heavy atom. The van der Waals surface area contributed by atoms with Crippen LogP contribution in [0.1, 0.15) is 24.2 Å². The third-order valence-electron chi connectivity index (χ3n) is 3.62. The molecule has 126 valence electrons. The fraction of sp³-hybridized carbons (Fsp3) is 0.278. The smallest absolute Gasteiger partial charge is 0.326 e. The third-order valence-corrected chi connectivity index (χ3v) is 3.62. The van der Waals surface area contributed by atoms with E-state index < -0.39 is 17.9 Å². The molecule has 0 saturated carbocycles. The van der Waals surface area contributed by atoms with Gasteiger partial charge in [0.15, 0.2) is 0 Å². The molecule has 1 aromatic heterocycles. The number of aromatic nitrogens is 1. The zero-order valence-electron chi connectivity index (χ0n) is 13.8. The number of hydrogen-bond acceptors (Lipinski definition) is 4. The molecule has 0 aliphatic heterocycles. The lowest BCUT2D eigenvalue weighted by molar-refractivity contribution is -0.140. The molecular formula is C18H20N2O4. The Morgan fingerprint density at radius 2 is 1.96 bits per heavy atom. The minimum atomic E-state index is -1.06. The quantitative estimate of drug-likeness (QED) is 0.851. The van der Waals surface area contributed by atoms with Gasteiger partial charge in [0, 0.05) is 17.3 Å². The summed E-state index contributed by atoms with van der Waals surface area (Å²) < 4.78 is 5.33. The number of carboxylic acids is 1. The molecule has 1 amide bonds. The van der Waals surface area contributed by atoms with Crippen molar-refractivity contribution in [2.24, 2.45) is 5.92 Å². The highest BCUT2D eigenvalue weighted by molar-refractivity contribution is 5.98. The number of carbonyl (C=O) groups excluding carboxylic acids is 1. The van der Waals surface area contributed by atoms with Gasteiger partial charge in [-0.25, -0.2) is 4.79 Å². The summed E-state index contributed by atoms with van der Waals surface area (Å²) in [6.45, 7) is 3.48. The van der Waals surface area contributed by atoms with Crippen LogP contribution < -0.4 is 10.1 Å². The van der Waals surface area contributed by atoms with Gasteiger partial charge in [0.1, 0.15) is 11.8 Å². The summed E-state index contributed by atoms with van der Waals surface area (Å²) in [5, 5.41) is 11.8. The average molecular weight is 328 g/mol. The molecule has 0 fully saturated rings. The van der Waals surface area contributed by atoms with Crippen molar-refractivity contribution in [3.63, 3.8) is 0 Å². The Kier molecular flexibility index (Phi) is 5.52. The molecule has 0 saturated heterocycles. The van der Waals surface area contributed by atoms with Gasteiger partial charge in [-0.1, -0.05) is 19.9 Å². The van der Waals surface area contributed by atoms with Crippen LogP contribution in [-0.2, 0) is 4.79 Å². The Hall–Kier alpha value is -2.89. The molecule has 24 heavy (non-hydrogen) atoms. The van der Waals surface area contributed by atoms with E-state index in [9.17, 15) is 14.7 Å². The van der Waals surface area contributed by atoms with Gasteiger partial charge in [0.2, 0.25) is 0 Å². The average Bonchev–Trinajstić information content (AvgIpc) is 2.59. The number of nitrogens with one attached hydrogen (secondary N) is 1. The van der Waals surface area contributed by atoms with Crippen molar-refractivity contribution in [2.75, 3.05) is 7.11 Å². The number of benzene rings is 1. The van der Waals surface area contributed by atoms with Crippen molar-refractivity contribution in [1.29, 1.82) is 0 Å². The van der Waals surface area contributed by atoms with Crippen LogP contribution in [0, 0.1) is 5.92 Å². The number of methoxy groups -OCH3 is 1. The molecule has 6 heteroatoms. The molecule has 6 nitrogen and oxygen atoms in total. The van der Waals surface area contributed by atoms with Crippen LogP contribution in [0.4, 0.5) is 0 Å². The van der Waals surface area contributed by atoms with Gasteiger partial charge in [-0.2, -0.15) is 0 Å². The molecule has 1 heterocycles. The monoisotopic (exact) mass is 328 g/mol. The summed E-state index contributed by atoms with van der Waals surface area (Å²) in [7, 11) is 1.54. The van der Waals surface area contributed by atoms with E-state index in [1.54, 1.807) is 51.4 Å². The summed E-state index contributed by atoms with van der Waals surface area (Å²) in [5.74, 6) is -1.14. The van der Waals surface area contributed by atoms with E-state index >= 15 is 0 Å². The fourth-order valence-electron chi connectivity index (χ4n) is 2.31. The van der Waals surface area contributed by atoms with Gasteiger partial charge >= 0.3 is 5.97 Å². The minimum Gasteiger partial charge on any atom is -0.496 e. The lowest BCUT2D eigenvalue weighted by Gasteiger charge is -2.18. The van der Waals surface area contributed by atoms with E-state index in [0.29, 0.717) is 22.6 Å². The van der Waals surface area contributed by atoms with Gasteiger partial charge < -0.3 is 15.2 Å². The van der Waals surface area contributed by atoms with Gasteiger partial charge in [-0.05, 0) is 36.2 Å². The van der Waals surface area contributed by atoms with Crippen LogP contribution in [0.2, 0.25) is 0 Å². The van der Waals surface area contributed by atoms with Crippen molar-refractivity contribution in [2.45, 2.75) is 19.9 Å². The number of nitrogens with zero attached hydrogens (tertiary/aromatic N) is 1. The maximum Gasteiger partial charge on any atom is 0.326 e. The molecule has 2 rings (SSSR count). The topological polar surface area (TPSA) is 88.5 Å². The van der Waals surface area contributed by atoms with E-state index in [1.807, 2.05) is 12.1 Å². The lowest BCUT2D eigenvalue weighted by Crippen LogP contribution is -2.44. The number of ether oxygens (including phenoxy) is 1. The number of carbonyl (C=O) groups is 2. The first-order valence-electron chi connectivity index (χ1n) is 7.57. The van der Waals surface area contributed by atoms with E-state index in [1.165, 1.54) is 0 Å². The Labute approximate surface area is 140 Å². The maximum absolute atomic E-state index is 12.4. The van der Waals surface area contributed by atoms with E-state index in [2.05, 4.69) is 10.3 Å². The predicted octanol–water partition coefficient (Wildman–Crippen LogP) is 2.60. The standard InChI is InChI=1S/C18H20N2O4/c1-11(2)16(18(22)23)20-17(21)12-7-8-15(24-3)13(10-12)14-6-4-5-9-19-14/h4-11,16H,1-3H3,(H,20,21)(H,22,23)/t16-/m1/s1. The molecule has 0 aliphatic rings. The molecule has 0 bridgehead atoms. The zero-order chi connectivity index (χ0) is 17.7. The number of rotatable bonds is 6. The Balaban J connectivity index is 2.35. The molecule has 0 radical (unpaired) electrons. The Bertz CT molecular complexity index is 729. The summed E-state index contributed by atoms with van der Waals surface area (Å²) >= 11 is 0. The van der Waals surface area contributed by atoms with E-state index in [4.69, 9.17) is 4.74 Å². The molecule has 1 aromatic carbocycles. The third kappa shape index (κ3) is 3.90. The van der Waals surface area contributed by atoms with Crippen molar-refractivity contribution < 1.29 is 19.4 Å². The highest BCUT2D eigenvalue weighted by Crippen LogP contribution is 2.29. The zero-order valence-corrected chi connectivity index (χ0v) is 13.8. The predicted molar refractivity (Wildman–Crippen MR) is 90.0 cm³/mol. The van der Waals surface area contributed by atoms with Crippen molar-refractivity contribution in [3.05, 3.63) is 48.2 Å². The van der Waals surface area contributed by atoms with Crippen LogP contribution in [0.3, 0.4) is 0 Å². The lowest BCUT2D eigenvalue weighted by atomic mass is 10.0. The molecule has 2 N–H and O–H groups in total. The SMILES string of the molecule is COc1ccc(C(=O)N[C@@H](C(=O)O)C(C)C)cc1-c1ccccn1. The summed E-state index contributed by atoms with van der Waals surface area (Å²) in [6.07, 6.45) is 1.65. The number of hydrogen-bond donors (Lipinski definition) is 2. The van der Waals surface area contributed by atoms with Crippen LogP contribution in [0.5, 0.6) is 5.75 Å². The van der Waals surface area contributed by atoms with Crippen molar-refractivity contribution >= 4 is 11.9 Å². The second-order valence-electron chi connectivity index (χ2n) is 5.66. The summed E-state index contributed by atoms with van der Waals surface area (Å²) in [6, 6.07) is 9.42. The Morgan fingerprint density at radius 3 is 2.50 bits per heavy atom. The second-order valence-corrected chi connectivity index (χ2v) is 5.66. The normalized spacial score (nSPS) is 11.8. The molecule has 0 aliphatic carbocycles. The van der Waals surface area contributed by atoms with Gasteiger partial charge in [-0.3, -0.25) is 9.78 Å². The number of aliphatic carboxylic acids is 1. The summed E-state index contributed by atoms with van der Waals surface area (Å²) in [4.78, 5) is 27.9. The fourth-order valence-corrected chi connectivity index (χ4v) is 2.31. The number of amides is 1. The summed E-state index contributed by atoms with van der Waals surface area (Å²) in [5.41, 5.74) is 1.69. The second kappa shape index (κ2) is 7.59. The molecule has 0 spiro atoms.